The molecule has 0 unspecified atom stereocenters. The molecule has 2 aliphatic rings. The fourth-order valence-corrected chi connectivity index (χ4v) is 5.19. The molecule has 0 atom stereocenters. The molecule has 32 heavy (non-hydrogen) atoms. The minimum absolute atomic E-state index is 0.168. The minimum Gasteiger partial charge on any atom is -0.343 e. The van der Waals surface area contributed by atoms with Crippen LogP contribution in [-0.2, 0) is 24.2 Å². The van der Waals surface area contributed by atoms with Gasteiger partial charge in [0.2, 0.25) is 5.91 Å². The molecule has 0 saturated carbocycles. The summed E-state index contributed by atoms with van der Waals surface area (Å²) in [6, 6.07) is 15.2. The lowest BCUT2D eigenvalue weighted by molar-refractivity contribution is -0.130. The Morgan fingerprint density at radius 1 is 0.938 bits per heavy atom. The Balaban J connectivity index is 1.30. The van der Waals surface area contributed by atoms with Crippen molar-refractivity contribution in [2.75, 3.05) is 26.2 Å². The largest absolute Gasteiger partial charge is 0.343 e. The van der Waals surface area contributed by atoms with Gasteiger partial charge in [0.05, 0.1) is 0 Å². The Morgan fingerprint density at radius 2 is 1.69 bits per heavy atom. The second-order valence-electron chi connectivity index (χ2n) is 9.66. The van der Waals surface area contributed by atoms with E-state index in [0.29, 0.717) is 12.3 Å². The molecule has 0 spiro atoms. The molecule has 170 valence electrons. The first-order chi connectivity index (χ1) is 15.5. The number of aryl methyl sites for hydroxylation is 1. The first-order valence-electron chi connectivity index (χ1n) is 12.2. The van der Waals surface area contributed by atoms with Gasteiger partial charge in [0.15, 0.2) is 5.78 Å². The van der Waals surface area contributed by atoms with E-state index in [1.165, 1.54) is 22.3 Å². The van der Waals surface area contributed by atoms with E-state index in [2.05, 4.69) is 48.2 Å². The van der Waals surface area contributed by atoms with Crippen molar-refractivity contribution < 1.29 is 9.59 Å². The topological polar surface area (TPSA) is 40.6 Å². The van der Waals surface area contributed by atoms with Gasteiger partial charge in [0.1, 0.15) is 0 Å². The number of fused-ring (bicyclic) bond motifs is 1. The molecule has 2 aliphatic heterocycles. The summed E-state index contributed by atoms with van der Waals surface area (Å²) in [6.45, 7) is 8.56. The number of Topliss-reactive ketones (excluding diaryl/α,β-unsaturated/α-hetero) is 1. The van der Waals surface area contributed by atoms with Crippen molar-refractivity contribution in [3.05, 3.63) is 70.3 Å². The zero-order valence-corrected chi connectivity index (χ0v) is 19.6. The van der Waals surface area contributed by atoms with Crippen LogP contribution < -0.4 is 0 Å². The SMILES string of the molecule is CC(=O)N1CCC(CCC(=O)c2ccc3c(c2)CCN(Cc2cccc(C)c2)CC3)CC1. The monoisotopic (exact) mass is 432 g/mol. The molecule has 0 bridgehead atoms. The summed E-state index contributed by atoms with van der Waals surface area (Å²) >= 11 is 0. The molecule has 2 aromatic rings. The highest BCUT2D eigenvalue weighted by atomic mass is 16.2. The van der Waals surface area contributed by atoms with Crippen LogP contribution in [0.15, 0.2) is 42.5 Å². The molecule has 4 nitrogen and oxygen atoms in total. The van der Waals surface area contributed by atoms with Gasteiger partial charge in [-0.3, -0.25) is 14.5 Å². The number of hydrogen-bond donors (Lipinski definition) is 0. The van der Waals surface area contributed by atoms with Crippen molar-refractivity contribution in [3.8, 4) is 0 Å². The van der Waals surface area contributed by atoms with Gasteiger partial charge in [0, 0.05) is 51.6 Å². The molecule has 2 aromatic carbocycles. The van der Waals surface area contributed by atoms with E-state index in [1.54, 1.807) is 6.92 Å². The van der Waals surface area contributed by atoms with E-state index in [1.807, 2.05) is 11.0 Å². The number of hydrogen-bond acceptors (Lipinski definition) is 3. The number of benzene rings is 2. The van der Waals surface area contributed by atoms with Crippen LogP contribution in [0.1, 0.15) is 65.2 Å². The lowest BCUT2D eigenvalue weighted by Crippen LogP contribution is -2.37. The van der Waals surface area contributed by atoms with Crippen LogP contribution in [0.4, 0.5) is 0 Å². The standard InChI is InChI=1S/C28H36N2O2/c1-21-4-3-5-24(18-21)20-29-14-12-25-7-8-27(19-26(25)13-15-29)28(32)9-6-23-10-16-30(17-11-23)22(2)31/h3-5,7-8,18-19,23H,6,9-17,20H2,1-2H3. The Bertz CT molecular complexity index is 960. The summed E-state index contributed by atoms with van der Waals surface area (Å²) in [5, 5.41) is 0. The predicted octanol–water partition coefficient (Wildman–Crippen LogP) is 4.82. The van der Waals surface area contributed by atoms with Gasteiger partial charge in [-0.25, -0.2) is 0 Å². The molecule has 1 fully saturated rings. The van der Waals surface area contributed by atoms with Crippen molar-refractivity contribution >= 4 is 11.7 Å². The van der Waals surface area contributed by atoms with Crippen molar-refractivity contribution in [3.63, 3.8) is 0 Å². The van der Waals surface area contributed by atoms with Crippen molar-refractivity contribution in [2.24, 2.45) is 5.92 Å². The maximum Gasteiger partial charge on any atom is 0.219 e. The van der Waals surface area contributed by atoms with Gasteiger partial charge in [-0.05, 0) is 67.7 Å². The zero-order chi connectivity index (χ0) is 22.5. The molecule has 0 radical (unpaired) electrons. The highest BCUT2D eigenvalue weighted by Gasteiger charge is 2.22. The number of likely N-dealkylation sites (tertiary alicyclic amines) is 1. The van der Waals surface area contributed by atoms with Crippen LogP contribution in [0.5, 0.6) is 0 Å². The third kappa shape index (κ3) is 5.86. The van der Waals surface area contributed by atoms with Gasteiger partial charge in [-0.15, -0.1) is 0 Å². The quantitative estimate of drug-likeness (QED) is 0.615. The maximum absolute atomic E-state index is 12.9. The smallest absolute Gasteiger partial charge is 0.219 e. The second kappa shape index (κ2) is 10.4. The molecule has 2 heterocycles. The summed E-state index contributed by atoms with van der Waals surface area (Å²) < 4.78 is 0. The second-order valence-corrected chi connectivity index (χ2v) is 9.66. The summed E-state index contributed by atoms with van der Waals surface area (Å²) in [7, 11) is 0. The van der Waals surface area contributed by atoms with Crippen LogP contribution in [0.2, 0.25) is 0 Å². The molecule has 1 amide bonds. The molecule has 1 saturated heterocycles. The number of ketones is 1. The summed E-state index contributed by atoms with van der Waals surface area (Å²) in [6.07, 6.45) is 5.65. The average Bonchev–Trinajstić information content (AvgIpc) is 2.99. The van der Waals surface area contributed by atoms with Gasteiger partial charge in [-0.2, -0.15) is 0 Å². The molecule has 4 rings (SSSR count). The normalized spacial score (nSPS) is 17.6. The number of rotatable bonds is 6. The van der Waals surface area contributed by atoms with E-state index >= 15 is 0 Å². The Kier molecular flexibility index (Phi) is 7.41. The van der Waals surface area contributed by atoms with Gasteiger partial charge in [0.25, 0.3) is 0 Å². The Hall–Kier alpha value is -2.46. The lowest BCUT2D eigenvalue weighted by Gasteiger charge is -2.31. The van der Waals surface area contributed by atoms with Crippen LogP contribution in [0.25, 0.3) is 0 Å². The third-order valence-corrected chi connectivity index (χ3v) is 7.25. The minimum atomic E-state index is 0.168. The average molecular weight is 433 g/mol. The number of piperidine rings is 1. The predicted molar refractivity (Wildman–Crippen MR) is 129 cm³/mol. The first-order valence-corrected chi connectivity index (χ1v) is 12.2. The molecule has 0 N–H and O–H groups in total. The van der Waals surface area contributed by atoms with Crippen LogP contribution in [0, 0.1) is 12.8 Å². The third-order valence-electron chi connectivity index (χ3n) is 7.25. The molecular weight excluding hydrogens is 396 g/mol. The highest BCUT2D eigenvalue weighted by Crippen LogP contribution is 2.24. The van der Waals surface area contributed by atoms with Gasteiger partial charge in [-0.1, -0.05) is 42.0 Å². The van der Waals surface area contributed by atoms with Gasteiger partial charge < -0.3 is 4.90 Å². The fraction of sp³-hybridized carbons (Fsp3) is 0.500. The Morgan fingerprint density at radius 3 is 2.41 bits per heavy atom. The van der Waals surface area contributed by atoms with E-state index in [-0.39, 0.29) is 11.7 Å². The van der Waals surface area contributed by atoms with Crippen molar-refractivity contribution in [1.29, 1.82) is 0 Å². The van der Waals surface area contributed by atoms with E-state index in [0.717, 1.165) is 70.4 Å². The van der Waals surface area contributed by atoms with E-state index in [9.17, 15) is 9.59 Å². The summed E-state index contributed by atoms with van der Waals surface area (Å²) in [4.78, 5) is 28.8. The molecule has 0 aromatic heterocycles. The number of nitrogens with zero attached hydrogens (tertiary/aromatic N) is 2. The fourth-order valence-electron chi connectivity index (χ4n) is 5.19. The van der Waals surface area contributed by atoms with Crippen molar-refractivity contribution in [2.45, 2.75) is 58.9 Å². The zero-order valence-electron chi connectivity index (χ0n) is 19.6. The number of carbonyl (C=O) groups excluding carboxylic acids is 2. The highest BCUT2D eigenvalue weighted by molar-refractivity contribution is 5.96. The molecular formula is C28H36N2O2. The summed E-state index contributed by atoms with van der Waals surface area (Å²) in [5.74, 6) is 0.996. The number of carbonyl (C=O) groups is 2. The maximum atomic E-state index is 12.9. The number of amides is 1. The van der Waals surface area contributed by atoms with Crippen LogP contribution >= 0.6 is 0 Å². The molecule has 0 aliphatic carbocycles. The van der Waals surface area contributed by atoms with Crippen molar-refractivity contribution in [1.82, 2.24) is 9.80 Å². The van der Waals surface area contributed by atoms with E-state index in [4.69, 9.17) is 0 Å². The lowest BCUT2D eigenvalue weighted by atomic mass is 9.89. The first kappa shape index (κ1) is 22.7. The van der Waals surface area contributed by atoms with E-state index < -0.39 is 0 Å². The summed E-state index contributed by atoms with van der Waals surface area (Å²) in [5.41, 5.74) is 6.30. The molecule has 4 heteroatoms. The van der Waals surface area contributed by atoms with Crippen LogP contribution in [-0.4, -0.2) is 47.7 Å². The van der Waals surface area contributed by atoms with Gasteiger partial charge >= 0.3 is 0 Å². The van der Waals surface area contributed by atoms with Crippen LogP contribution in [0.3, 0.4) is 0 Å². The Labute approximate surface area is 192 Å².